The van der Waals surface area contributed by atoms with Crippen LogP contribution in [0.3, 0.4) is 0 Å². The highest BCUT2D eigenvalue weighted by Crippen LogP contribution is 2.30. The van der Waals surface area contributed by atoms with E-state index in [9.17, 15) is 17.6 Å². The average molecular weight is 304 g/mol. The molecule has 1 atom stereocenters. The summed E-state index contributed by atoms with van der Waals surface area (Å²) >= 11 is 0. The van der Waals surface area contributed by atoms with E-state index in [1.165, 1.54) is 6.07 Å². The van der Waals surface area contributed by atoms with E-state index in [-0.39, 0.29) is 6.04 Å². The van der Waals surface area contributed by atoms with Crippen molar-refractivity contribution in [3.8, 4) is 0 Å². The maximum atomic E-state index is 13.9. The maximum absolute atomic E-state index is 13.9. The molecule has 0 aliphatic carbocycles. The fourth-order valence-corrected chi connectivity index (χ4v) is 2.70. The second-order valence-electron chi connectivity index (χ2n) is 5.72. The molecule has 0 unspecified atom stereocenters. The summed E-state index contributed by atoms with van der Waals surface area (Å²) in [5.74, 6) is -0.790. The Morgan fingerprint density at radius 3 is 2.52 bits per heavy atom. The first-order chi connectivity index (χ1) is 9.79. The number of hydrogen-bond donors (Lipinski definition) is 1. The summed E-state index contributed by atoms with van der Waals surface area (Å²) in [5, 5.41) is 3.25. The Hall–Kier alpha value is -1.14. The molecule has 0 radical (unpaired) electrons. The molecule has 1 heterocycles. The minimum Gasteiger partial charge on any atom is -0.315 e. The van der Waals surface area contributed by atoms with Crippen LogP contribution in [0.2, 0.25) is 0 Å². The zero-order chi connectivity index (χ0) is 15.6. The number of rotatable bonds is 4. The predicted molar refractivity (Wildman–Crippen MR) is 73.4 cm³/mol. The fraction of sp³-hybridized carbons (Fsp3) is 0.600. The molecule has 1 aromatic rings. The Labute approximate surface area is 122 Å². The summed E-state index contributed by atoms with van der Waals surface area (Å²) in [7, 11) is 0. The van der Waals surface area contributed by atoms with Crippen molar-refractivity contribution in [3.63, 3.8) is 0 Å². The molecule has 2 nitrogen and oxygen atoms in total. The van der Waals surface area contributed by atoms with Gasteiger partial charge < -0.3 is 5.32 Å². The van der Waals surface area contributed by atoms with Crippen LogP contribution in [0.1, 0.15) is 31.4 Å². The lowest BCUT2D eigenvalue weighted by molar-refractivity contribution is -0.137. The third-order valence-corrected chi connectivity index (χ3v) is 3.90. The molecule has 1 aromatic carbocycles. The molecule has 1 fully saturated rings. The van der Waals surface area contributed by atoms with Crippen molar-refractivity contribution < 1.29 is 17.6 Å². The molecule has 21 heavy (non-hydrogen) atoms. The number of nitrogens with one attached hydrogen (secondary N) is 1. The molecular formula is C15H20F4N2. The Balaban J connectivity index is 2.17. The van der Waals surface area contributed by atoms with Gasteiger partial charge in [0.2, 0.25) is 0 Å². The van der Waals surface area contributed by atoms with E-state index in [0.29, 0.717) is 24.2 Å². The zero-order valence-corrected chi connectivity index (χ0v) is 12.2. The van der Waals surface area contributed by atoms with Gasteiger partial charge in [-0.15, -0.1) is 0 Å². The first-order valence-electron chi connectivity index (χ1n) is 7.11. The van der Waals surface area contributed by atoms with Crippen LogP contribution in [-0.4, -0.2) is 30.1 Å². The quantitative estimate of drug-likeness (QED) is 0.858. The van der Waals surface area contributed by atoms with Crippen molar-refractivity contribution in [2.24, 2.45) is 0 Å². The second kappa shape index (κ2) is 6.32. The summed E-state index contributed by atoms with van der Waals surface area (Å²) in [5.41, 5.74) is -0.633. The summed E-state index contributed by atoms with van der Waals surface area (Å²) in [6.07, 6.45) is -3.53. The Bertz CT molecular complexity index is 479. The van der Waals surface area contributed by atoms with Crippen molar-refractivity contribution >= 4 is 0 Å². The van der Waals surface area contributed by atoms with Gasteiger partial charge in [-0.1, -0.05) is 6.07 Å². The van der Waals surface area contributed by atoms with Crippen molar-refractivity contribution in [2.45, 2.75) is 45.1 Å². The first kappa shape index (κ1) is 16.2. The van der Waals surface area contributed by atoms with Gasteiger partial charge in [0, 0.05) is 30.7 Å². The Morgan fingerprint density at radius 1 is 1.33 bits per heavy atom. The lowest BCUT2D eigenvalue weighted by Gasteiger charge is -2.32. The van der Waals surface area contributed by atoms with Gasteiger partial charge in [-0.2, -0.15) is 13.2 Å². The lowest BCUT2D eigenvalue weighted by atomic mass is 10.1. The molecule has 0 bridgehead atoms. The second-order valence-corrected chi connectivity index (χ2v) is 5.72. The van der Waals surface area contributed by atoms with Crippen LogP contribution in [-0.2, 0) is 12.7 Å². The Morgan fingerprint density at radius 2 is 2.05 bits per heavy atom. The highest BCUT2D eigenvalue weighted by atomic mass is 19.4. The maximum Gasteiger partial charge on any atom is 0.416 e. The summed E-state index contributed by atoms with van der Waals surface area (Å²) in [6.45, 7) is 6.11. The van der Waals surface area contributed by atoms with E-state index in [0.717, 1.165) is 25.6 Å². The van der Waals surface area contributed by atoms with Gasteiger partial charge in [0.1, 0.15) is 5.82 Å². The SMILES string of the molecule is CC(C)N(Cc1ccc(C(F)(F)F)cc1F)[C@H]1CCNC1. The van der Waals surface area contributed by atoms with E-state index in [1.807, 2.05) is 13.8 Å². The highest BCUT2D eigenvalue weighted by Gasteiger charge is 2.32. The van der Waals surface area contributed by atoms with Crippen LogP contribution >= 0.6 is 0 Å². The summed E-state index contributed by atoms with van der Waals surface area (Å²) < 4.78 is 51.6. The molecule has 2 rings (SSSR count). The van der Waals surface area contributed by atoms with Crippen LogP contribution in [0.4, 0.5) is 17.6 Å². The van der Waals surface area contributed by atoms with Gasteiger partial charge in [-0.3, -0.25) is 4.90 Å². The molecule has 1 N–H and O–H groups in total. The molecule has 1 saturated heterocycles. The molecule has 0 amide bonds. The minimum absolute atomic E-state index is 0.205. The normalized spacial score (nSPS) is 19.7. The third kappa shape index (κ3) is 3.95. The van der Waals surface area contributed by atoms with Crippen LogP contribution in [0.5, 0.6) is 0 Å². The van der Waals surface area contributed by atoms with Gasteiger partial charge in [0.05, 0.1) is 5.56 Å². The van der Waals surface area contributed by atoms with Gasteiger partial charge >= 0.3 is 6.18 Å². The molecule has 118 valence electrons. The molecular weight excluding hydrogens is 284 g/mol. The topological polar surface area (TPSA) is 15.3 Å². The number of hydrogen-bond acceptors (Lipinski definition) is 2. The molecule has 1 aliphatic rings. The first-order valence-corrected chi connectivity index (χ1v) is 7.11. The largest absolute Gasteiger partial charge is 0.416 e. The lowest BCUT2D eigenvalue weighted by Crippen LogP contribution is -2.41. The average Bonchev–Trinajstić information content (AvgIpc) is 2.89. The number of nitrogens with zero attached hydrogens (tertiary/aromatic N) is 1. The zero-order valence-electron chi connectivity index (χ0n) is 12.2. The van der Waals surface area contributed by atoms with Crippen LogP contribution in [0, 0.1) is 5.82 Å². The van der Waals surface area contributed by atoms with Crippen LogP contribution < -0.4 is 5.32 Å². The van der Waals surface area contributed by atoms with Gasteiger partial charge in [0.15, 0.2) is 0 Å². The molecule has 0 aromatic heterocycles. The van der Waals surface area contributed by atoms with E-state index in [2.05, 4.69) is 10.2 Å². The fourth-order valence-electron chi connectivity index (χ4n) is 2.70. The van der Waals surface area contributed by atoms with Gasteiger partial charge in [-0.05, 0) is 38.9 Å². The molecule has 0 spiro atoms. The smallest absolute Gasteiger partial charge is 0.315 e. The predicted octanol–water partition coefficient (Wildman–Crippen LogP) is 3.42. The van der Waals surface area contributed by atoms with Gasteiger partial charge in [0.25, 0.3) is 0 Å². The number of benzene rings is 1. The summed E-state index contributed by atoms with van der Waals surface area (Å²) in [4.78, 5) is 2.13. The Kier molecular flexibility index (Phi) is 4.88. The van der Waals surface area contributed by atoms with Gasteiger partial charge in [-0.25, -0.2) is 4.39 Å². The van der Waals surface area contributed by atoms with E-state index in [4.69, 9.17) is 0 Å². The van der Waals surface area contributed by atoms with Crippen molar-refractivity contribution in [1.29, 1.82) is 0 Å². The number of halogens is 4. The monoisotopic (exact) mass is 304 g/mol. The van der Waals surface area contributed by atoms with E-state index in [1.54, 1.807) is 0 Å². The molecule has 0 saturated carbocycles. The summed E-state index contributed by atoms with van der Waals surface area (Å²) in [6, 6.07) is 3.28. The van der Waals surface area contributed by atoms with Crippen molar-refractivity contribution in [3.05, 3.63) is 35.1 Å². The van der Waals surface area contributed by atoms with Crippen LogP contribution in [0.25, 0.3) is 0 Å². The minimum atomic E-state index is -4.51. The molecule has 6 heteroatoms. The standard InChI is InChI=1S/C15H20F4N2/c1-10(2)21(13-5-6-20-8-13)9-11-3-4-12(7-14(11)16)15(17,18)19/h3-4,7,10,13,20H,5-6,8-9H2,1-2H3/t13-/m0/s1. The van der Waals surface area contributed by atoms with E-state index >= 15 is 0 Å². The van der Waals surface area contributed by atoms with Crippen molar-refractivity contribution in [1.82, 2.24) is 10.2 Å². The van der Waals surface area contributed by atoms with E-state index < -0.39 is 17.6 Å². The van der Waals surface area contributed by atoms with Crippen molar-refractivity contribution in [2.75, 3.05) is 13.1 Å². The van der Waals surface area contributed by atoms with Crippen LogP contribution in [0.15, 0.2) is 18.2 Å². The molecule has 1 aliphatic heterocycles. The highest BCUT2D eigenvalue weighted by molar-refractivity contribution is 5.26. The number of alkyl halides is 3. The third-order valence-electron chi connectivity index (χ3n) is 3.90.